The first-order valence-electron chi connectivity index (χ1n) is 11.3. The average molecular weight is 452 g/mol. The summed E-state index contributed by atoms with van der Waals surface area (Å²) in [5, 5.41) is 11.9. The molecule has 33 heavy (non-hydrogen) atoms. The monoisotopic (exact) mass is 451 g/mol. The second kappa shape index (κ2) is 7.63. The SMILES string of the molecule is CCC1(N2CC[C@H](Nc3nc(N)c4c(-c5ccn6nccc6n5)ccn4n3)[C@H](F)C2)COC1. The van der Waals surface area contributed by atoms with Gasteiger partial charge >= 0.3 is 0 Å². The molecule has 0 unspecified atom stereocenters. The number of nitrogens with zero attached hydrogens (tertiary/aromatic N) is 7. The van der Waals surface area contributed by atoms with Crippen molar-refractivity contribution >= 4 is 22.9 Å². The van der Waals surface area contributed by atoms with E-state index in [4.69, 9.17) is 10.5 Å². The molecule has 0 aromatic carbocycles. The van der Waals surface area contributed by atoms with Gasteiger partial charge in [-0.25, -0.2) is 18.4 Å². The van der Waals surface area contributed by atoms with Crippen LogP contribution in [0.3, 0.4) is 0 Å². The van der Waals surface area contributed by atoms with Crippen molar-refractivity contribution in [1.29, 1.82) is 0 Å². The average Bonchev–Trinajstić information content (AvgIpc) is 3.42. The molecule has 4 aromatic heterocycles. The van der Waals surface area contributed by atoms with E-state index < -0.39 is 6.17 Å². The summed E-state index contributed by atoms with van der Waals surface area (Å²) in [5.74, 6) is 0.631. The van der Waals surface area contributed by atoms with E-state index in [9.17, 15) is 0 Å². The third kappa shape index (κ3) is 3.30. The Labute approximate surface area is 189 Å². The Hall–Kier alpha value is -3.31. The Morgan fingerprint density at radius 1 is 1.21 bits per heavy atom. The van der Waals surface area contributed by atoms with Gasteiger partial charge in [-0.3, -0.25) is 4.90 Å². The highest BCUT2D eigenvalue weighted by Gasteiger charge is 2.46. The van der Waals surface area contributed by atoms with E-state index in [-0.39, 0.29) is 11.6 Å². The zero-order valence-corrected chi connectivity index (χ0v) is 18.4. The second-order valence-electron chi connectivity index (χ2n) is 8.86. The molecule has 172 valence electrons. The van der Waals surface area contributed by atoms with Crippen molar-refractivity contribution in [2.75, 3.05) is 37.4 Å². The first-order valence-corrected chi connectivity index (χ1v) is 11.3. The number of nitrogens with two attached hydrogens (primary N) is 1. The number of piperidine rings is 1. The number of anilines is 2. The van der Waals surface area contributed by atoms with Crippen molar-refractivity contribution in [2.24, 2.45) is 0 Å². The molecule has 0 bridgehead atoms. The van der Waals surface area contributed by atoms with Gasteiger partial charge in [-0.2, -0.15) is 10.1 Å². The molecule has 0 radical (unpaired) electrons. The summed E-state index contributed by atoms with van der Waals surface area (Å²) < 4.78 is 23.9. The summed E-state index contributed by atoms with van der Waals surface area (Å²) >= 11 is 0. The van der Waals surface area contributed by atoms with Gasteiger partial charge in [0.1, 0.15) is 11.7 Å². The number of hydrogen-bond donors (Lipinski definition) is 2. The zero-order valence-electron chi connectivity index (χ0n) is 18.4. The Morgan fingerprint density at radius 2 is 2.06 bits per heavy atom. The molecule has 2 saturated heterocycles. The van der Waals surface area contributed by atoms with Gasteiger partial charge in [0, 0.05) is 37.1 Å². The molecule has 2 atom stereocenters. The van der Waals surface area contributed by atoms with Crippen LogP contribution in [0.2, 0.25) is 0 Å². The van der Waals surface area contributed by atoms with E-state index in [1.165, 1.54) is 0 Å². The van der Waals surface area contributed by atoms with Gasteiger partial charge in [-0.15, -0.1) is 5.10 Å². The number of ether oxygens (including phenoxy) is 1. The topological polar surface area (TPSA) is 111 Å². The maximum absolute atomic E-state index is 15.1. The highest BCUT2D eigenvalue weighted by atomic mass is 19.1. The molecule has 2 fully saturated rings. The molecule has 0 saturated carbocycles. The molecule has 0 spiro atoms. The molecular weight excluding hydrogens is 425 g/mol. The molecule has 4 aromatic rings. The summed E-state index contributed by atoms with van der Waals surface area (Å²) in [7, 11) is 0. The van der Waals surface area contributed by atoms with Gasteiger partial charge in [0.2, 0.25) is 5.95 Å². The molecule has 0 aliphatic carbocycles. The minimum Gasteiger partial charge on any atom is -0.382 e. The summed E-state index contributed by atoms with van der Waals surface area (Å²) in [6.07, 6.45) is 5.95. The van der Waals surface area contributed by atoms with Crippen LogP contribution in [0, 0.1) is 0 Å². The summed E-state index contributed by atoms with van der Waals surface area (Å²) in [6.45, 7) is 4.69. The minimum absolute atomic E-state index is 0.00925. The number of nitrogen functional groups attached to an aromatic ring is 1. The molecule has 0 amide bonds. The number of nitrogens with one attached hydrogen (secondary N) is 1. The van der Waals surface area contributed by atoms with Crippen molar-refractivity contribution in [3.8, 4) is 11.3 Å². The number of aromatic nitrogens is 6. The van der Waals surface area contributed by atoms with Crippen molar-refractivity contribution in [2.45, 2.75) is 37.5 Å². The van der Waals surface area contributed by atoms with E-state index in [0.29, 0.717) is 43.5 Å². The third-order valence-electron chi connectivity index (χ3n) is 7.00. The maximum atomic E-state index is 15.1. The van der Waals surface area contributed by atoms with Crippen LogP contribution >= 0.6 is 0 Å². The molecule has 2 aliphatic heterocycles. The van der Waals surface area contributed by atoms with E-state index in [0.717, 1.165) is 29.9 Å². The molecule has 2 aliphatic rings. The minimum atomic E-state index is -1.03. The van der Waals surface area contributed by atoms with Gasteiger partial charge in [0.05, 0.1) is 36.7 Å². The summed E-state index contributed by atoms with van der Waals surface area (Å²) in [5.41, 5.74) is 9.30. The van der Waals surface area contributed by atoms with Gasteiger partial charge in [0.15, 0.2) is 11.5 Å². The lowest BCUT2D eigenvalue weighted by atomic mass is 9.88. The van der Waals surface area contributed by atoms with Crippen LogP contribution in [0.5, 0.6) is 0 Å². The van der Waals surface area contributed by atoms with E-state index >= 15 is 4.39 Å². The van der Waals surface area contributed by atoms with Crippen LogP contribution in [0.4, 0.5) is 16.2 Å². The summed E-state index contributed by atoms with van der Waals surface area (Å²) in [6, 6.07) is 5.25. The van der Waals surface area contributed by atoms with Gasteiger partial charge < -0.3 is 15.8 Å². The number of halogens is 1. The van der Waals surface area contributed by atoms with Crippen LogP contribution in [-0.4, -0.2) is 78.2 Å². The van der Waals surface area contributed by atoms with Gasteiger partial charge in [-0.05, 0) is 25.0 Å². The van der Waals surface area contributed by atoms with E-state index in [1.54, 1.807) is 15.2 Å². The van der Waals surface area contributed by atoms with Crippen molar-refractivity contribution in [3.05, 3.63) is 36.8 Å². The van der Waals surface area contributed by atoms with Crippen molar-refractivity contribution in [3.63, 3.8) is 0 Å². The lowest BCUT2D eigenvalue weighted by Crippen LogP contribution is -2.66. The fraction of sp³-hybridized carbons (Fsp3) is 0.455. The number of likely N-dealkylation sites (tertiary alicyclic amines) is 1. The Morgan fingerprint density at radius 3 is 2.82 bits per heavy atom. The van der Waals surface area contributed by atoms with Crippen molar-refractivity contribution in [1.82, 2.24) is 34.1 Å². The summed E-state index contributed by atoms with van der Waals surface area (Å²) in [4.78, 5) is 11.3. The maximum Gasteiger partial charge on any atom is 0.243 e. The second-order valence-corrected chi connectivity index (χ2v) is 8.86. The Balaban J connectivity index is 1.23. The number of hydrogen-bond acceptors (Lipinski definition) is 8. The van der Waals surface area contributed by atoms with Gasteiger partial charge in [-0.1, -0.05) is 6.92 Å². The molecule has 10 nitrogen and oxygen atoms in total. The highest BCUT2D eigenvalue weighted by Crippen LogP contribution is 2.33. The zero-order chi connectivity index (χ0) is 22.6. The first-order chi connectivity index (χ1) is 16.1. The fourth-order valence-electron chi connectivity index (χ4n) is 4.89. The van der Waals surface area contributed by atoms with Crippen LogP contribution in [0.15, 0.2) is 36.8 Å². The van der Waals surface area contributed by atoms with Crippen LogP contribution in [0.25, 0.3) is 22.4 Å². The first kappa shape index (κ1) is 20.3. The number of alkyl halides is 1. The largest absolute Gasteiger partial charge is 0.382 e. The van der Waals surface area contributed by atoms with Crippen molar-refractivity contribution < 1.29 is 9.13 Å². The van der Waals surface area contributed by atoms with Crippen LogP contribution in [-0.2, 0) is 4.74 Å². The highest BCUT2D eigenvalue weighted by molar-refractivity contribution is 5.86. The molecule has 11 heteroatoms. The molecule has 6 heterocycles. The smallest absolute Gasteiger partial charge is 0.243 e. The van der Waals surface area contributed by atoms with E-state index in [2.05, 4.69) is 37.3 Å². The number of rotatable bonds is 5. The quantitative estimate of drug-likeness (QED) is 0.474. The molecular formula is C22H26FN9O. The normalized spacial score (nSPS) is 23.1. The standard InChI is InChI=1S/C22H26FN9O/c1-2-22(12-33-13-22)30-8-5-17(15(23)11-30)27-21-28-20(24)19-14(4-9-32(19)29-21)16-6-10-31-18(26-16)3-7-25-31/h3-4,6-7,9-10,15,17H,2,5,8,11-13H2,1H3,(H3,24,27,28,29)/t15-,17+/m1/s1. The van der Waals surface area contributed by atoms with E-state index in [1.807, 2.05) is 30.6 Å². The third-order valence-corrected chi connectivity index (χ3v) is 7.00. The molecule has 3 N–H and O–H groups in total. The number of fused-ring (bicyclic) bond motifs is 2. The van der Waals surface area contributed by atoms with Gasteiger partial charge in [0.25, 0.3) is 0 Å². The predicted molar refractivity (Wildman–Crippen MR) is 122 cm³/mol. The fourth-order valence-corrected chi connectivity index (χ4v) is 4.89. The predicted octanol–water partition coefficient (Wildman–Crippen LogP) is 2.02. The lowest BCUT2D eigenvalue weighted by Gasteiger charge is -2.52. The Bertz CT molecular complexity index is 1310. The Kier molecular flexibility index (Phi) is 4.70. The van der Waals surface area contributed by atoms with Crippen LogP contribution < -0.4 is 11.1 Å². The van der Waals surface area contributed by atoms with Crippen LogP contribution in [0.1, 0.15) is 19.8 Å². The molecule has 6 rings (SSSR count). The lowest BCUT2D eigenvalue weighted by molar-refractivity contribution is -0.153.